The highest BCUT2D eigenvalue weighted by molar-refractivity contribution is 5.80. The summed E-state index contributed by atoms with van der Waals surface area (Å²) in [6.07, 6.45) is 0.761. The molecule has 1 atom stereocenters. The summed E-state index contributed by atoms with van der Waals surface area (Å²) in [6.45, 7) is 6.03. The molecule has 25 heavy (non-hydrogen) atoms. The van der Waals surface area contributed by atoms with Crippen LogP contribution in [-0.2, 0) is 17.8 Å². The first-order chi connectivity index (χ1) is 12.2. The van der Waals surface area contributed by atoms with Crippen LogP contribution in [0.1, 0.15) is 17.3 Å². The predicted octanol–water partition coefficient (Wildman–Crippen LogP) is 1.27. The Bertz CT molecular complexity index is 752. The Labute approximate surface area is 146 Å². The number of rotatable bonds is 3. The molecule has 1 aromatic heterocycles. The molecule has 7 heteroatoms. The van der Waals surface area contributed by atoms with E-state index in [1.807, 2.05) is 29.2 Å². The first-order valence-corrected chi connectivity index (χ1v) is 8.70. The van der Waals surface area contributed by atoms with Crippen molar-refractivity contribution >= 4 is 5.91 Å². The molecule has 1 fully saturated rings. The molecule has 0 bridgehead atoms. The predicted molar refractivity (Wildman–Crippen MR) is 90.0 cm³/mol. The molecule has 2 aliphatic rings. The lowest BCUT2D eigenvalue weighted by Gasteiger charge is -2.36. The van der Waals surface area contributed by atoms with Crippen LogP contribution in [0.25, 0.3) is 0 Å². The summed E-state index contributed by atoms with van der Waals surface area (Å²) in [4.78, 5) is 21.3. The molecule has 2 aromatic rings. The fraction of sp³-hybridized carbons (Fsp3) is 0.500. The molecule has 0 saturated carbocycles. The highest BCUT2D eigenvalue weighted by atomic mass is 16.5. The Morgan fingerprint density at radius 2 is 2.04 bits per heavy atom. The standard InChI is InChI=1S/C18H22N4O3/c1-13-19-17(20-25-13)11-21-6-8-22(9-7-21)18(23)15-10-14-4-2-3-5-16(14)24-12-15/h2-5,15H,6-12H2,1H3/t15-/m0/s1. The highest BCUT2D eigenvalue weighted by Crippen LogP contribution is 2.28. The monoisotopic (exact) mass is 342 g/mol. The molecule has 0 aliphatic carbocycles. The number of aryl methyl sites for hydroxylation is 1. The van der Waals surface area contributed by atoms with Gasteiger partial charge in [-0.1, -0.05) is 23.4 Å². The van der Waals surface area contributed by atoms with Crippen LogP contribution in [-0.4, -0.2) is 58.6 Å². The largest absolute Gasteiger partial charge is 0.492 e. The quantitative estimate of drug-likeness (QED) is 0.837. The van der Waals surface area contributed by atoms with Crippen LogP contribution in [0.2, 0.25) is 0 Å². The molecule has 1 amide bonds. The Morgan fingerprint density at radius 3 is 2.80 bits per heavy atom. The van der Waals surface area contributed by atoms with Crippen molar-refractivity contribution in [3.63, 3.8) is 0 Å². The number of piperazine rings is 1. The summed E-state index contributed by atoms with van der Waals surface area (Å²) < 4.78 is 10.8. The minimum absolute atomic E-state index is 0.0821. The number of nitrogens with zero attached hydrogens (tertiary/aromatic N) is 4. The first kappa shape index (κ1) is 16.1. The number of fused-ring (bicyclic) bond motifs is 1. The van der Waals surface area contributed by atoms with Crippen LogP contribution in [0.3, 0.4) is 0 Å². The van der Waals surface area contributed by atoms with E-state index in [-0.39, 0.29) is 11.8 Å². The topological polar surface area (TPSA) is 71.7 Å². The van der Waals surface area contributed by atoms with Crippen molar-refractivity contribution in [1.82, 2.24) is 19.9 Å². The maximum atomic E-state index is 12.8. The normalized spacial score (nSPS) is 20.8. The van der Waals surface area contributed by atoms with E-state index in [1.165, 1.54) is 0 Å². The average Bonchev–Trinajstić information content (AvgIpc) is 3.06. The second-order valence-electron chi connectivity index (χ2n) is 6.65. The molecule has 1 aromatic carbocycles. The molecule has 7 nitrogen and oxygen atoms in total. The Balaban J connectivity index is 1.31. The second-order valence-corrected chi connectivity index (χ2v) is 6.65. The molecule has 3 heterocycles. The van der Waals surface area contributed by atoms with E-state index in [4.69, 9.17) is 9.26 Å². The van der Waals surface area contributed by atoms with Gasteiger partial charge in [-0.2, -0.15) is 4.98 Å². The lowest BCUT2D eigenvalue weighted by Crippen LogP contribution is -2.51. The zero-order valence-electron chi connectivity index (χ0n) is 14.4. The first-order valence-electron chi connectivity index (χ1n) is 8.70. The number of para-hydroxylation sites is 1. The van der Waals surface area contributed by atoms with E-state index in [9.17, 15) is 4.79 Å². The van der Waals surface area contributed by atoms with E-state index in [1.54, 1.807) is 6.92 Å². The summed E-state index contributed by atoms with van der Waals surface area (Å²) in [5.41, 5.74) is 1.12. The lowest BCUT2D eigenvalue weighted by molar-refractivity contribution is -0.138. The van der Waals surface area contributed by atoms with Gasteiger partial charge in [0.2, 0.25) is 11.8 Å². The number of hydrogen-bond acceptors (Lipinski definition) is 6. The summed E-state index contributed by atoms with van der Waals surface area (Å²) >= 11 is 0. The number of carbonyl (C=O) groups is 1. The van der Waals surface area contributed by atoms with Gasteiger partial charge in [0, 0.05) is 33.1 Å². The van der Waals surface area contributed by atoms with E-state index in [0.717, 1.165) is 43.9 Å². The van der Waals surface area contributed by atoms with Gasteiger partial charge in [-0.15, -0.1) is 0 Å². The molecule has 1 saturated heterocycles. The van der Waals surface area contributed by atoms with Gasteiger partial charge in [0.25, 0.3) is 0 Å². The maximum absolute atomic E-state index is 12.8. The van der Waals surface area contributed by atoms with Crippen molar-refractivity contribution in [2.24, 2.45) is 5.92 Å². The van der Waals surface area contributed by atoms with E-state index < -0.39 is 0 Å². The molecule has 0 spiro atoms. The van der Waals surface area contributed by atoms with Crippen LogP contribution in [0.5, 0.6) is 5.75 Å². The fourth-order valence-electron chi connectivity index (χ4n) is 3.48. The molecular weight excluding hydrogens is 320 g/mol. The molecule has 0 unspecified atom stereocenters. The van der Waals surface area contributed by atoms with Crippen LogP contribution in [0.15, 0.2) is 28.8 Å². The van der Waals surface area contributed by atoms with Crippen molar-refractivity contribution in [2.45, 2.75) is 19.9 Å². The van der Waals surface area contributed by atoms with Gasteiger partial charge < -0.3 is 14.2 Å². The van der Waals surface area contributed by atoms with Crippen LogP contribution in [0, 0.1) is 12.8 Å². The van der Waals surface area contributed by atoms with Gasteiger partial charge >= 0.3 is 0 Å². The van der Waals surface area contributed by atoms with Gasteiger partial charge in [-0.05, 0) is 18.1 Å². The zero-order chi connectivity index (χ0) is 17.2. The number of amides is 1. The molecule has 0 N–H and O–H groups in total. The zero-order valence-corrected chi connectivity index (χ0v) is 14.4. The van der Waals surface area contributed by atoms with Crippen molar-refractivity contribution in [3.8, 4) is 5.75 Å². The van der Waals surface area contributed by atoms with Gasteiger partial charge in [0.15, 0.2) is 5.82 Å². The van der Waals surface area contributed by atoms with E-state index in [2.05, 4.69) is 15.0 Å². The van der Waals surface area contributed by atoms with Crippen molar-refractivity contribution in [1.29, 1.82) is 0 Å². The van der Waals surface area contributed by atoms with Gasteiger partial charge in [-0.3, -0.25) is 9.69 Å². The Morgan fingerprint density at radius 1 is 1.24 bits per heavy atom. The van der Waals surface area contributed by atoms with Crippen LogP contribution >= 0.6 is 0 Å². The lowest BCUT2D eigenvalue weighted by atomic mass is 9.95. The number of hydrogen-bond donors (Lipinski definition) is 0. The van der Waals surface area contributed by atoms with E-state index in [0.29, 0.717) is 24.9 Å². The smallest absolute Gasteiger partial charge is 0.229 e. The molecule has 132 valence electrons. The third-order valence-corrected chi connectivity index (χ3v) is 4.85. The molecule has 0 radical (unpaired) electrons. The van der Waals surface area contributed by atoms with Gasteiger partial charge in [0.05, 0.1) is 12.5 Å². The third kappa shape index (κ3) is 3.51. The van der Waals surface area contributed by atoms with Gasteiger partial charge in [-0.25, -0.2) is 0 Å². The van der Waals surface area contributed by atoms with Crippen LogP contribution in [0.4, 0.5) is 0 Å². The number of aromatic nitrogens is 2. The summed E-state index contributed by atoms with van der Waals surface area (Å²) in [6, 6.07) is 7.97. The number of carbonyl (C=O) groups excluding carboxylic acids is 1. The minimum atomic E-state index is -0.0821. The second kappa shape index (κ2) is 6.84. The third-order valence-electron chi connectivity index (χ3n) is 4.85. The Hall–Kier alpha value is -2.41. The Kier molecular flexibility index (Phi) is 4.40. The highest BCUT2D eigenvalue weighted by Gasteiger charge is 2.31. The minimum Gasteiger partial charge on any atom is -0.492 e. The number of benzene rings is 1. The summed E-state index contributed by atoms with van der Waals surface area (Å²) in [7, 11) is 0. The summed E-state index contributed by atoms with van der Waals surface area (Å²) in [5, 5.41) is 3.93. The average molecular weight is 342 g/mol. The van der Waals surface area contributed by atoms with Crippen molar-refractivity contribution in [2.75, 3.05) is 32.8 Å². The molecule has 4 rings (SSSR count). The fourth-order valence-corrected chi connectivity index (χ4v) is 3.48. The SMILES string of the molecule is Cc1nc(CN2CCN(C(=O)[C@@H]3COc4ccccc4C3)CC2)no1. The van der Waals surface area contributed by atoms with E-state index >= 15 is 0 Å². The molecular formula is C18H22N4O3. The van der Waals surface area contributed by atoms with Crippen LogP contribution < -0.4 is 4.74 Å². The summed E-state index contributed by atoms with van der Waals surface area (Å²) in [5.74, 6) is 2.31. The molecule has 2 aliphatic heterocycles. The van der Waals surface area contributed by atoms with Gasteiger partial charge in [0.1, 0.15) is 12.4 Å². The van der Waals surface area contributed by atoms with Crippen molar-refractivity contribution in [3.05, 3.63) is 41.5 Å². The number of ether oxygens (including phenoxy) is 1. The van der Waals surface area contributed by atoms with Crippen molar-refractivity contribution < 1.29 is 14.1 Å². The maximum Gasteiger partial charge on any atom is 0.229 e.